The molecule has 0 aliphatic rings. The third-order valence-corrected chi connectivity index (χ3v) is 3.21. The summed E-state index contributed by atoms with van der Waals surface area (Å²) >= 11 is 0. The van der Waals surface area contributed by atoms with Gasteiger partial charge in [0.1, 0.15) is 0 Å². The highest BCUT2D eigenvalue weighted by molar-refractivity contribution is 4.89. The normalized spacial score (nSPS) is 15.9. The fourth-order valence-electron chi connectivity index (χ4n) is 1.19. The van der Waals surface area contributed by atoms with Gasteiger partial charge in [0.15, 0.2) is 0 Å². The van der Waals surface area contributed by atoms with Crippen LogP contribution in [0.1, 0.15) is 53.9 Å². The van der Waals surface area contributed by atoms with E-state index in [-0.39, 0.29) is 11.0 Å². The van der Waals surface area contributed by atoms with Crippen molar-refractivity contribution in [3.05, 3.63) is 0 Å². The second-order valence-electron chi connectivity index (χ2n) is 5.48. The van der Waals surface area contributed by atoms with Gasteiger partial charge in [-0.3, -0.25) is 0 Å². The highest BCUT2D eigenvalue weighted by Gasteiger charge is 2.32. The number of hydrogen-bond donors (Lipinski definition) is 2. The first-order chi connectivity index (χ1) is 5.67. The van der Waals surface area contributed by atoms with Crippen LogP contribution in [0.25, 0.3) is 0 Å². The molecule has 0 rings (SSSR count). The molecule has 80 valence electrons. The van der Waals surface area contributed by atoms with Gasteiger partial charge in [-0.05, 0) is 39.0 Å². The molecule has 0 aromatic carbocycles. The first kappa shape index (κ1) is 12.9. The minimum Gasteiger partial charge on any atom is -0.328 e. The fraction of sp³-hybridized carbons (Fsp3) is 1.00. The second-order valence-corrected chi connectivity index (χ2v) is 5.48. The molecule has 0 aliphatic heterocycles. The molecule has 0 aromatic heterocycles. The summed E-state index contributed by atoms with van der Waals surface area (Å²) in [6.07, 6.45) is 3.42. The Bertz CT molecular complexity index is 143. The van der Waals surface area contributed by atoms with E-state index in [2.05, 4.69) is 34.6 Å². The summed E-state index contributed by atoms with van der Waals surface area (Å²) in [5.41, 5.74) is 11.9. The van der Waals surface area contributed by atoms with Gasteiger partial charge in [-0.1, -0.05) is 20.3 Å². The predicted octanol–water partition coefficient (Wildman–Crippen LogP) is 2.27. The Hall–Kier alpha value is -0.0800. The van der Waals surface area contributed by atoms with Crippen LogP contribution >= 0.6 is 0 Å². The van der Waals surface area contributed by atoms with Gasteiger partial charge in [0, 0.05) is 11.6 Å². The van der Waals surface area contributed by atoms with Gasteiger partial charge in [-0.15, -0.1) is 0 Å². The van der Waals surface area contributed by atoms with E-state index in [1.165, 1.54) is 6.42 Å². The van der Waals surface area contributed by atoms with E-state index < -0.39 is 0 Å². The maximum absolute atomic E-state index is 6.10. The lowest BCUT2D eigenvalue weighted by atomic mass is 9.72. The van der Waals surface area contributed by atoms with E-state index in [1.807, 2.05) is 0 Å². The molecule has 0 bridgehead atoms. The summed E-state index contributed by atoms with van der Waals surface area (Å²) in [7, 11) is 0. The molecular formula is C11H26N2. The van der Waals surface area contributed by atoms with Gasteiger partial charge >= 0.3 is 0 Å². The van der Waals surface area contributed by atoms with Crippen molar-refractivity contribution < 1.29 is 0 Å². The van der Waals surface area contributed by atoms with Crippen LogP contribution in [0.3, 0.4) is 0 Å². The lowest BCUT2D eigenvalue weighted by molar-refractivity contribution is 0.179. The third-order valence-electron chi connectivity index (χ3n) is 3.21. The molecule has 0 aliphatic carbocycles. The smallest absolute Gasteiger partial charge is 0.0148 e. The standard InChI is InChI=1S/C11H26N2/c1-9(12)7-6-8-10(2,3)11(4,5)13/h9H,6-8,12-13H2,1-5H3. The van der Waals surface area contributed by atoms with Crippen molar-refractivity contribution in [2.45, 2.75) is 65.5 Å². The van der Waals surface area contributed by atoms with E-state index in [4.69, 9.17) is 11.5 Å². The molecule has 0 amide bonds. The zero-order valence-electron chi connectivity index (χ0n) is 9.85. The van der Waals surface area contributed by atoms with Crippen molar-refractivity contribution in [3.63, 3.8) is 0 Å². The van der Waals surface area contributed by atoms with Crippen molar-refractivity contribution in [1.29, 1.82) is 0 Å². The van der Waals surface area contributed by atoms with Crippen LogP contribution < -0.4 is 11.5 Å². The quantitative estimate of drug-likeness (QED) is 0.692. The molecule has 0 saturated heterocycles. The molecule has 0 saturated carbocycles. The predicted molar refractivity (Wildman–Crippen MR) is 59.5 cm³/mol. The lowest BCUT2D eigenvalue weighted by Crippen LogP contribution is -2.47. The second kappa shape index (κ2) is 4.43. The zero-order valence-corrected chi connectivity index (χ0v) is 9.85. The van der Waals surface area contributed by atoms with Gasteiger partial charge in [0.25, 0.3) is 0 Å². The van der Waals surface area contributed by atoms with E-state index >= 15 is 0 Å². The Morgan fingerprint density at radius 1 is 1.15 bits per heavy atom. The SMILES string of the molecule is CC(N)CCCC(C)(C)C(C)(C)N. The minimum absolute atomic E-state index is 0.106. The van der Waals surface area contributed by atoms with Crippen LogP contribution in [0.4, 0.5) is 0 Å². The van der Waals surface area contributed by atoms with Crippen molar-refractivity contribution in [2.75, 3.05) is 0 Å². The molecule has 1 atom stereocenters. The van der Waals surface area contributed by atoms with E-state index in [0.29, 0.717) is 6.04 Å². The summed E-state index contributed by atoms with van der Waals surface area (Å²) < 4.78 is 0. The largest absolute Gasteiger partial charge is 0.328 e. The minimum atomic E-state index is -0.106. The Morgan fingerprint density at radius 3 is 1.92 bits per heavy atom. The summed E-state index contributed by atoms with van der Waals surface area (Å²) in [4.78, 5) is 0. The van der Waals surface area contributed by atoms with Gasteiger partial charge in [0.2, 0.25) is 0 Å². The van der Waals surface area contributed by atoms with Crippen LogP contribution in [0.5, 0.6) is 0 Å². The van der Waals surface area contributed by atoms with Gasteiger partial charge < -0.3 is 11.5 Å². The first-order valence-electron chi connectivity index (χ1n) is 5.21. The molecule has 4 N–H and O–H groups in total. The summed E-state index contributed by atoms with van der Waals surface area (Å²) in [6, 6.07) is 0.316. The highest BCUT2D eigenvalue weighted by Crippen LogP contribution is 2.33. The van der Waals surface area contributed by atoms with Crippen molar-refractivity contribution in [3.8, 4) is 0 Å². The molecule has 0 heterocycles. The molecule has 1 unspecified atom stereocenters. The Labute approximate surface area is 83.1 Å². The number of nitrogens with two attached hydrogens (primary N) is 2. The summed E-state index contributed by atoms with van der Waals surface area (Å²) in [5, 5.41) is 0. The van der Waals surface area contributed by atoms with Crippen LogP contribution in [-0.2, 0) is 0 Å². The van der Waals surface area contributed by atoms with Crippen LogP contribution in [0.2, 0.25) is 0 Å². The first-order valence-corrected chi connectivity index (χ1v) is 5.21. The number of hydrogen-bond acceptors (Lipinski definition) is 2. The van der Waals surface area contributed by atoms with E-state index in [9.17, 15) is 0 Å². The van der Waals surface area contributed by atoms with E-state index in [1.54, 1.807) is 0 Å². The van der Waals surface area contributed by atoms with Crippen LogP contribution in [-0.4, -0.2) is 11.6 Å². The Balaban J connectivity index is 3.90. The molecule has 2 nitrogen and oxygen atoms in total. The average molecular weight is 186 g/mol. The highest BCUT2D eigenvalue weighted by atomic mass is 14.7. The third kappa shape index (κ3) is 4.63. The average Bonchev–Trinajstić information content (AvgIpc) is 1.82. The Morgan fingerprint density at radius 2 is 1.62 bits per heavy atom. The van der Waals surface area contributed by atoms with Crippen molar-refractivity contribution in [2.24, 2.45) is 16.9 Å². The monoisotopic (exact) mass is 186 g/mol. The molecule has 0 fully saturated rings. The molecule has 0 spiro atoms. The van der Waals surface area contributed by atoms with E-state index in [0.717, 1.165) is 12.8 Å². The summed E-state index contributed by atoms with van der Waals surface area (Å²) in [5.74, 6) is 0. The molecule has 0 radical (unpaired) electrons. The maximum Gasteiger partial charge on any atom is 0.0148 e. The van der Waals surface area contributed by atoms with Gasteiger partial charge in [-0.2, -0.15) is 0 Å². The molecule has 0 aromatic rings. The molecule has 2 heteroatoms. The van der Waals surface area contributed by atoms with Crippen molar-refractivity contribution >= 4 is 0 Å². The van der Waals surface area contributed by atoms with Crippen molar-refractivity contribution in [1.82, 2.24) is 0 Å². The molecule has 13 heavy (non-hydrogen) atoms. The number of rotatable bonds is 5. The fourth-order valence-corrected chi connectivity index (χ4v) is 1.19. The van der Waals surface area contributed by atoms with Crippen LogP contribution in [0.15, 0.2) is 0 Å². The lowest BCUT2D eigenvalue weighted by Gasteiger charge is -2.38. The topological polar surface area (TPSA) is 52.0 Å². The zero-order chi connectivity index (χ0) is 10.7. The summed E-state index contributed by atoms with van der Waals surface area (Å²) in [6.45, 7) is 10.7. The Kier molecular flexibility index (Phi) is 4.40. The van der Waals surface area contributed by atoms with Gasteiger partial charge in [0.05, 0.1) is 0 Å². The molecular weight excluding hydrogens is 160 g/mol. The van der Waals surface area contributed by atoms with Gasteiger partial charge in [-0.25, -0.2) is 0 Å². The maximum atomic E-state index is 6.10. The van der Waals surface area contributed by atoms with Crippen LogP contribution in [0, 0.1) is 5.41 Å².